The second kappa shape index (κ2) is 22.6. The van der Waals surface area contributed by atoms with Crippen LogP contribution in [-0.2, 0) is 35.2 Å². The van der Waals surface area contributed by atoms with Crippen molar-refractivity contribution in [3.05, 3.63) is 35.9 Å². The van der Waals surface area contributed by atoms with Gasteiger partial charge in [-0.25, -0.2) is 4.79 Å². The number of likely N-dealkylation sites (tertiary alicyclic amines) is 1. The van der Waals surface area contributed by atoms with Gasteiger partial charge in [0.15, 0.2) is 0 Å². The Morgan fingerprint density at radius 1 is 0.792 bits per heavy atom. The van der Waals surface area contributed by atoms with Crippen LogP contribution in [-0.4, -0.2) is 81.4 Å². The number of carbonyl (C=O) groups excluding carboxylic acids is 4. The maximum atomic E-state index is 13.4. The predicted octanol–water partition coefficient (Wildman–Crippen LogP) is 4.34. The number of hydrogen-bond acceptors (Lipinski definition) is 6. The molecular formula is C36H56N4O8. The molecule has 4 atom stereocenters. The van der Waals surface area contributed by atoms with Crippen LogP contribution in [0.25, 0.3) is 0 Å². The summed E-state index contributed by atoms with van der Waals surface area (Å²) < 4.78 is 0. The summed E-state index contributed by atoms with van der Waals surface area (Å²) in [5.74, 6) is -4.46. The molecule has 1 fully saturated rings. The van der Waals surface area contributed by atoms with Gasteiger partial charge in [0.05, 0.1) is 0 Å². The molecule has 0 aromatic heterocycles. The molecule has 1 aliphatic rings. The van der Waals surface area contributed by atoms with Gasteiger partial charge >= 0.3 is 11.9 Å². The normalized spacial score (nSPS) is 16.0. The molecule has 1 aliphatic heterocycles. The van der Waals surface area contributed by atoms with Gasteiger partial charge in [0.1, 0.15) is 24.2 Å². The molecule has 1 heterocycles. The van der Waals surface area contributed by atoms with Crippen molar-refractivity contribution in [3.63, 3.8) is 0 Å². The predicted molar refractivity (Wildman–Crippen MR) is 182 cm³/mol. The molecule has 268 valence electrons. The second-order valence-electron chi connectivity index (χ2n) is 12.8. The van der Waals surface area contributed by atoms with Gasteiger partial charge in [-0.3, -0.25) is 24.0 Å². The molecule has 1 aromatic carbocycles. The molecule has 5 N–H and O–H groups in total. The number of carbonyl (C=O) groups is 6. The Balaban J connectivity index is 1.86. The zero-order chi connectivity index (χ0) is 35.3. The minimum atomic E-state index is -1.19. The third kappa shape index (κ3) is 15.3. The van der Waals surface area contributed by atoms with Gasteiger partial charge in [0.2, 0.25) is 23.6 Å². The SMILES string of the molecule is CCCCCCCCCCCCCC(=O)N[C@@H](CCC(=O)O)C(=O)N[C@@H](C)C(=O)N1CCC[C@H]1C(=O)N[C@@H](Cc1ccccc1)C(=O)O. The van der Waals surface area contributed by atoms with Crippen molar-refractivity contribution < 1.29 is 39.0 Å². The smallest absolute Gasteiger partial charge is 0.326 e. The quantitative estimate of drug-likeness (QED) is 0.101. The number of nitrogens with one attached hydrogen (secondary N) is 3. The van der Waals surface area contributed by atoms with Gasteiger partial charge in [0, 0.05) is 25.8 Å². The van der Waals surface area contributed by atoms with Crippen molar-refractivity contribution in [3.8, 4) is 0 Å². The van der Waals surface area contributed by atoms with E-state index in [0.717, 1.165) is 24.8 Å². The van der Waals surface area contributed by atoms with E-state index in [4.69, 9.17) is 0 Å². The summed E-state index contributed by atoms with van der Waals surface area (Å²) in [5, 5.41) is 26.7. The number of carboxylic acids is 2. The van der Waals surface area contributed by atoms with Gasteiger partial charge in [-0.15, -0.1) is 0 Å². The molecular weight excluding hydrogens is 616 g/mol. The molecule has 2 rings (SSSR count). The minimum absolute atomic E-state index is 0.0811. The Hall–Kier alpha value is -3.96. The summed E-state index contributed by atoms with van der Waals surface area (Å²) in [4.78, 5) is 76.8. The fraction of sp³-hybridized carbons (Fsp3) is 0.667. The molecule has 0 unspecified atom stereocenters. The van der Waals surface area contributed by atoms with Crippen molar-refractivity contribution in [2.45, 2.75) is 147 Å². The molecule has 0 radical (unpaired) electrons. The Morgan fingerprint density at radius 3 is 1.98 bits per heavy atom. The maximum Gasteiger partial charge on any atom is 0.326 e. The highest BCUT2D eigenvalue weighted by Gasteiger charge is 2.38. The molecule has 1 aromatic rings. The monoisotopic (exact) mass is 672 g/mol. The highest BCUT2D eigenvalue weighted by atomic mass is 16.4. The Bertz CT molecular complexity index is 1180. The van der Waals surface area contributed by atoms with Gasteiger partial charge < -0.3 is 31.1 Å². The number of hydrogen-bond donors (Lipinski definition) is 5. The molecule has 1 saturated heterocycles. The number of aliphatic carboxylic acids is 2. The Labute approximate surface area is 284 Å². The van der Waals surface area contributed by atoms with Crippen LogP contribution in [0.3, 0.4) is 0 Å². The fourth-order valence-electron chi connectivity index (χ4n) is 6.00. The standard InChI is InChI=1S/C36H56N4O8/c1-3-4-5-6-7-8-9-10-11-12-16-21-31(41)38-28(22-23-32(42)43)33(44)37-26(2)35(46)40-24-17-20-30(40)34(45)39-29(36(47)48)25-27-18-14-13-15-19-27/h13-15,18-19,26,28-30H,3-12,16-17,20-25H2,1-2H3,(H,37,44)(H,38,41)(H,39,45)(H,42,43)(H,47,48)/t26-,28-,29-,30-/m0/s1. The average molecular weight is 673 g/mol. The summed E-state index contributed by atoms with van der Waals surface area (Å²) >= 11 is 0. The lowest BCUT2D eigenvalue weighted by atomic mass is 10.0. The van der Waals surface area contributed by atoms with E-state index >= 15 is 0 Å². The van der Waals surface area contributed by atoms with E-state index in [1.54, 1.807) is 24.3 Å². The Morgan fingerprint density at radius 2 is 1.40 bits per heavy atom. The van der Waals surface area contributed by atoms with Crippen molar-refractivity contribution in [1.82, 2.24) is 20.9 Å². The molecule has 0 saturated carbocycles. The van der Waals surface area contributed by atoms with E-state index in [9.17, 15) is 39.0 Å². The summed E-state index contributed by atoms with van der Waals surface area (Å²) in [5.41, 5.74) is 0.740. The lowest BCUT2D eigenvalue weighted by Gasteiger charge is -2.29. The number of rotatable bonds is 24. The topological polar surface area (TPSA) is 182 Å². The maximum absolute atomic E-state index is 13.4. The summed E-state index contributed by atoms with van der Waals surface area (Å²) in [7, 11) is 0. The van der Waals surface area contributed by atoms with E-state index in [1.165, 1.54) is 56.8 Å². The molecule has 0 aliphatic carbocycles. The second-order valence-corrected chi connectivity index (χ2v) is 12.8. The zero-order valence-electron chi connectivity index (χ0n) is 28.7. The van der Waals surface area contributed by atoms with Crippen molar-refractivity contribution in [2.75, 3.05) is 6.54 Å². The minimum Gasteiger partial charge on any atom is -0.481 e. The van der Waals surface area contributed by atoms with Gasteiger partial charge in [-0.1, -0.05) is 101 Å². The number of nitrogens with zero attached hydrogens (tertiary/aromatic N) is 1. The lowest BCUT2D eigenvalue weighted by Crippen LogP contribution is -2.56. The van der Waals surface area contributed by atoms with Crippen LogP contribution < -0.4 is 16.0 Å². The average Bonchev–Trinajstić information content (AvgIpc) is 3.55. The van der Waals surface area contributed by atoms with Crippen LogP contribution in [0, 0.1) is 0 Å². The zero-order valence-corrected chi connectivity index (χ0v) is 28.7. The summed E-state index contributed by atoms with van der Waals surface area (Å²) in [6.07, 6.45) is 13.2. The first-order chi connectivity index (χ1) is 23.0. The van der Waals surface area contributed by atoms with Crippen LogP contribution in [0.5, 0.6) is 0 Å². The largest absolute Gasteiger partial charge is 0.481 e. The number of unbranched alkanes of at least 4 members (excludes halogenated alkanes) is 10. The third-order valence-electron chi connectivity index (χ3n) is 8.77. The molecule has 0 spiro atoms. The fourth-order valence-corrected chi connectivity index (χ4v) is 6.00. The lowest BCUT2D eigenvalue weighted by molar-refractivity contribution is -0.145. The van der Waals surface area contributed by atoms with Crippen LogP contribution in [0.15, 0.2) is 30.3 Å². The highest BCUT2D eigenvalue weighted by molar-refractivity contribution is 5.95. The van der Waals surface area contributed by atoms with E-state index in [-0.39, 0.29) is 38.1 Å². The van der Waals surface area contributed by atoms with E-state index in [0.29, 0.717) is 19.3 Å². The van der Waals surface area contributed by atoms with Crippen LogP contribution in [0.2, 0.25) is 0 Å². The first-order valence-corrected chi connectivity index (χ1v) is 17.7. The number of amides is 4. The van der Waals surface area contributed by atoms with Crippen molar-refractivity contribution in [2.24, 2.45) is 0 Å². The van der Waals surface area contributed by atoms with Crippen molar-refractivity contribution in [1.29, 1.82) is 0 Å². The first kappa shape index (κ1) is 40.2. The summed E-state index contributed by atoms with van der Waals surface area (Å²) in [6, 6.07) is 4.61. The Kier molecular flexibility index (Phi) is 18.9. The van der Waals surface area contributed by atoms with Gasteiger partial charge in [0.25, 0.3) is 0 Å². The van der Waals surface area contributed by atoms with Crippen molar-refractivity contribution >= 4 is 35.6 Å². The van der Waals surface area contributed by atoms with Crippen LogP contribution >= 0.6 is 0 Å². The summed E-state index contributed by atoms with van der Waals surface area (Å²) in [6.45, 7) is 3.93. The molecule has 0 bridgehead atoms. The van der Waals surface area contributed by atoms with Gasteiger partial charge in [-0.05, 0) is 38.2 Å². The van der Waals surface area contributed by atoms with E-state index in [1.807, 2.05) is 6.07 Å². The third-order valence-corrected chi connectivity index (χ3v) is 8.77. The number of carboxylic acid groups (broad SMARTS) is 2. The highest BCUT2D eigenvalue weighted by Crippen LogP contribution is 2.19. The first-order valence-electron chi connectivity index (χ1n) is 17.7. The molecule has 12 heteroatoms. The van der Waals surface area contributed by atoms with Crippen LogP contribution in [0.1, 0.15) is 122 Å². The molecule has 4 amide bonds. The molecule has 12 nitrogen and oxygen atoms in total. The van der Waals surface area contributed by atoms with Crippen LogP contribution in [0.4, 0.5) is 0 Å². The van der Waals surface area contributed by atoms with E-state index in [2.05, 4.69) is 22.9 Å². The van der Waals surface area contributed by atoms with E-state index < -0.39 is 53.8 Å². The van der Waals surface area contributed by atoms with Gasteiger partial charge in [-0.2, -0.15) is 0 Å². The molecule has 48 heavy (non-hydrogen) atoms. The number of benzene rings is 1.